The molecule has 1 fully saturated rings. The summed E-state index contributed by atoms with van der Waals surface area (Å²) in [4.78, 5) is 0.348. The van der Waals surface area contributed by atoms with Crippen molar-refractivity contribution in [3.63, 3.8) is 0 Å². The predicted octanol–water partition coefficient (Wildman–Crippen LogP) is 2.29. The van der Waals surface area contributed by atoms with Gasteiger partial charge < -0.3 is 5.32 Å². The van der Waals surface area contributed by atoms with Gasteiger partial charge in [-0.25, -0.2) is 13.1 Å². The maximum atomic E-state index is 12.4. The van der Waals surface area contributed by atoms with Crippen molar-refractivity contribution in [2.75, 3.05) is 23.4 Å². The second-order valence-electron chi connectivity index (χ2n) is 4.60. The first-order valence-electron chi connectivity index (χ1n) is 6.56. The lowest BCUT2D eigenvalue weighted by Crippen LogP contribution is -2.35. The molecule has 0 amide bonds. The summed E-state index contributed by atoms with van der Waals surface area (Å²) in [5, 5.41) is 3.17. The van der Waals surface area contributed by atoms with Crippen molar-refractivity contribution < 1.29 is 8.42 Å². The average molecular weight is 300 g/mol. The van der Waals surface area contributed by atoms with Crippen molar-refractivity contribution in [2.24, 2.45) is 0 Å². The molecule has 1 unspecified atom stereocenters. The Morgan fingerprint density at radius 3 is 2.84 bits per heavy atom. The highest BCUT2D eigenvalue weighted by atomic mass is 32.2. The Kier molecular flexibility index (Phi) is 5.13. The van der Waals surface area contributed by atoms with Crippen LogP contribution in [0.25, 0.3) is 0 Å². The van der Waals surface area contributed by atoms with E-state index in [1.54, 1.807) is 23.9 Å². The van der Waals surface area contributed by atoms with Crippen molar-refractivity contribution in [3.05, 3.63) is 24.3 Å². The maximum absolute atomic E-state index is 12.4. The number of hydrogen-bond donors (Lipinski definition) is 2. The molecule has 0 bridgehead atoms. The molecule has 0 aromatic heterocycles. The van der Waals surface area contributed by atoms with Gasteiger partial charge in [-0.15, -0.1) is 0 Å². The first-order valence-corrected chi connectivity index (χ1v) is 9.20. The van der Waals surface area contributed by atoms with Gasteiger partial charge in [-0.3, -0.25) is 0 Å². The third-order valence-corrected chi connectivity index (χ3v) is 5.73. The number of sulfonamides is 1. The fraction of sp³-hybridized carbons (Fsp3) is 0.538. The van der Waals surface area contributed by atoms with Crippen LogP contribution in [0.3, 0.4) is 0 Å². The van der Waals surface area contributed by atoms with Gasteiger partial charge >= 0.3 is 0 Å². The van der Waals surface area contributed by atoms with Crippen LogP contribution >= 0.6 is 11.8 Å². The molecule has 2 N–H and O–H groups in total. The molecule has 1 atom stereocenters. The second kappa shape index (κ2) is 6.63. The monoisotopic (exact) mass is 300 g/mol. The smallest absolute Gasteiger partial charge is 0.242 e. The average Bonchev–Trinajstić information content (AvgIpc) is 2.88. The van der Waals surface area contributed by atoms with Gasteiger partial charge in [0.05, 0.1) is 5.69 Å². The van der Waals surface area contributed by atoms with Gasteiger partial charge in [0.15, 0.2) is 0 Å². The lowest BCUT2D eigenvalue weighted by Gasteiger charge is -2.15. The summed E-state index contributed by atoms with van der Waals surface area (Å²) in [6.07, 6.45) is 1.87. The molecule has 1 aromatic carbocycles. The van der Waals surface area contributed by atoms with E-state index in [4.69, 9.17) is 0 Å². The Labute approximate surface area is 119 Å². The zero-order valence-corrected chi connectivity index (χ0v) is 12.7. The van der Waals surface area contributed by atoms with E-state index in [1.165, 1.54) is 0 Å². The van der Waals surface area contributed by atoms with Crippen molar-refractivity contribution in [1.82, 2.24) is 4.72 Å². The summed E-state index contributed by atoms with van der Waals surface area (Å²) < 4.78 is 27.6. The van der Waals surface area contributed by atoms with E-state index in [0.29, 0.717) is 10.6 Å². The number of benzene rings is 1. The fourth-order valence-corrected chi connectivity index (χ4v) is 4.73. The minimum absolute atomic E-state index is 0.0641. The number of para-hydroxylation sites is 1. The van der Waals surface area contributed by atoms with Crippen LogP contribution in [0, 0.1) is 0 Å². The molecule has 1 heterocycles. The highest BCUT2D eigenvalue weighted by Crippen LogP contribution is 2.23. The number of rotatable bonds is 6. The van der Waals surface area contributed by atoms with Gasteiger partial charge in [0.2, 0.25) is 10.0 Å². The van der Waals surface area contributed by atoms with E-state index in [9.17, 15) is 8.42 Å². The molecule has 4 nitrogen and oxygen atoms in total. The number of thioether (sulfide) groups is 1. The van der Waals surface area contributed by atoms with Crippen LogP contribution < -0.4 is 10.0 Å². The molecule has 1 aliphatic rings. The van der Waals surface area contributed by atoms with E-state index in [0.717, 1.165) is 30.9 Å². The molecule has 106 valence electrons. The quantitative estimate of drug-likeness (QED) is 0.846. The Morgan fingerprint density at radius 2 is 2.16 bits per heavy atom. The van der Waals surface area contributed by atoms with Crippen LogP contribution in [-0.2, 0) is 10.0 Å². The molecule has 1 aliphatic heterocycles. The molecule has 19 heavy (non-hydrogen) atoms. The van der Waals surface area contributed by atoms with Gasteiger partial charge in [-0.05, 0) is 30.7 Å². The molecule has 6 heteroatoms. The van der Waals surface area contributed by atoms with E-state index in [2.05, 4.69) is 17.0 Å². The molecule has 0 spiro atoms. The van der Waals surface area contributed by atoms with E-state index >= 15 is 0 Å². The number of nitrogens with one attached hydrogen (secondary N) is 2. The summed E-state index contributed by atoms with van der Waals surface area (Å²) in [5.74, 6) is 1.90. The SMILES string of the molecule is CCCNc1ccccc1S(=O)(=O)NC1CCSC1. The normalized spacial score (nSPS) is 19.5. The molecule has 1 aromatic rings. The zero-order chi connectivity index (χ0) is 13.7. The van der Waals surface area contributed by atoms with E-state index in [1.807, 2.05) is 12.1 Å². The minimum Gasteiger partial charge on any atom is -0.384 e. The first kappa shape index (κ1) is 14.7. The summed E-state index contributed by atoms with van der Waals surface area (Å²) in [7, 11) is -3.43. The zero-order valence-electron chi connectivity index (χ0n) is 11.1. The van der Waals surface area contributed by atoms with Crippen LogP contribution in [0.2, 0.25) is 0 Å². The van der Waals surface area contributed by atoms with Crippen molar-refractivity contribution in [1.29, 1.82) is 0 Å². The van der Waals surface area contributed by atoms with Crippen molar-refractivity contribution in [3.8, 4) is 0 Å². The van der Waals surface area contributed by atoms with Gasteiger partial charge in [0.25, 0.3) is 0 Å². The lowest BCUT2D eigenvalue weighted by atomic mass is 10.3. The third-order valence-electron chi connectivity index (χ3n) is 2.99. The Bertz CT molecular complexity index is 511. The predicted molar refractivity (Wildman–Crippen MR) is 81.3 cm³/mol. The van der Waals surface area contributed by atoms with Crippen molar-refractivity contribution in [2.45, 2.75) is 30.7 Å². The highest BCUT2D eigenvalue weighted by molar-refractivity contribution is 7.99. The van der Waals surface area contributed by atoms with Crippen LogP contribution in [-0.4, -0.2) is 32.5 Å². The summed E-state index contributed by atoms with van der Waals surface area (Å²) in [6.45, 7) is 2.82. The lowest BCUT2D eigenvalue weighted by molar-refractivity contribution is 0.563. The summed E-state index contributed by atoms with van der Waals surface area (Å²) in [6, 6.07) is 7.14. The van der Waals surface area contributed by atoms with Crippen LogP contribution in [0.1, 0.15) is 19.8 Å². The van der Waals surface area contributed by atoms with E-state index < -0.39 is 10.0 Å². The van der Waals surface area contributed by atoms with Crippen LogP contribution in [0.4, 0.5) is 5.69 Å². The maximum Gasteiger partial charge on any atom is 0.242 e. The van der Waals surface area contributed by atoms with Gasteiger partial charge in [-0.1, -0.05) is 19.1 Å². The van der Waals surface area contributed by atoms with Crippen LogP contribution in [0.15, 0.2) is 29.2 Å². The third kappa shape index (κ3) is 3.87. The van der Waals surface area contributed by atoms with Gasteiger partial charge in [0, 0.05) is 18.3 Å². The molecule has 0 aliphatic carbocycles. The Morgan fingerprint density at radius 1 is 1.37 bits per heavy atom. The molecular formula is C13H20N2O2S2. The first-order chi connectivity index (χ1) is 9.13. The largest absolute Gasteiger partial charge is 0.384 e. The molecule has 2 rings (SSSR count). The van der Waals surface area contributed by atoms with Gasteiger partial charge in [-0.2, -0.15) is 11.8 Å². The fourth-order valence-electron chi connectivity index (χ4n) is 2.02. The van der Waals surface area contributed by atoms with Crippen LogP contribution in [0.5, 0.6) is 0 Å². The van der Waals surface area contributed by atoms with Gasteiger partial charge in [0.1, 0.15) is 4.90 Å². The molecule has 1 saturated heterocycles. The summed E-state index contributed by atoms with van der Waals surface area (Å²) >= 11 is 1.79. The molecule has 0 radical (unpaired) electrons. The molecule has 0 saturated carbocycles. The highest BCUT2D eigenvalue weighted by Gasteiger charge is 2.24. The number of hydrogen-bond acceptors (Lipinski definition) is 4. The topological polar surface area (TPSA) is 58.2 Å². The Balaban J connectivity index is 2.18. The minimum atomic E-state index is -3.43. The standard InChI is InChI=1S/C13H20N2O2S2/c1-2-8-14-12-5-3-4-6-13(12)19(16,17)15-11-7-9-18-10-11/h3-6,11,14-15H,2,7-10H2,1H3. The molecular weight excluding hydrogens is 280 g/mol. The second-order valence-corrected chi connectivity index (χ2v) is 7.44. The number of anilines is 1. The summed E-state index contributed by atoms with van der Waals surface area (Å²) in [5.41, 5.74) is 0.683. The Hall–Kier alpha value is -0.720. The van der Waals surface area contributed by atoms with E-state index in [-0.39, 0.29) is 6.04 Å². The van der Waals surface area contributed by atoms with Crippen molar-refractivity contribution >= 4 is 27.5 Å².